The first kappa shape index (κ1) is 17.8. The molecule has 1 aliphatic heterocycles. The molecule has 1 N–H and O–H groups in total. The van der Waals surface area contributed by atoms with Gasteiger partial charge in [-0.1, -0.05) is 35.5 Å². The Labute approximate surface area is 162 Å². The van der Waals surface area contributed by atoms with E-state index in [2.05, 4.69) is 26.1 Å². The molecule has 8 heteroatoms. The van der Waals surface area contributed by atoms with Crippen molar-refractivity contribution in [2.75, 3.05) is 31.9 Å². The number of halogens is 1. The average molecular weight is 392 g/mol. The van der Waals surface area contributed by atoms with Crippen molar-refractivity contribution in [3.8, 4) is 0 Å². The number of nitrogens with one attached hydrogen (secondary N) is 1. The van der Waals surface area contributed by atoms with E-state index < -0.39 is 0 Å². The molecular weight excluding hydrogens is 370 g/mol. The molecule has 0 unspecified atom stereocenters. The van der Waals surface area contributed by atoms with Crippen molar-refractivity contribution in [1.82, 2.24) is 25.0 Å². The van der Waals surface area contributed by atoms with E-state index in [1.807, 2.05) is 23.1 Å². The van der Waals surface area contributed by atoms with Gasteiger partial charge in [0.25, 0.3) is 0 Å². The molecule has 4 rings (SSSR count). The maximum absolute atomic E-state index is 12.4. The van der Waals surface area contributed by atoms with Crippen molar-refractivity contribution in [2.45, 2.75) is 30.5 Å². The number of nitrogens with zero attached hydrogens (tertiary/aromatic N) is 4. The number of piperazine rings is 1. The standard InChI is InChI=1S/C18H22ClN5OS/c19-15-3-1-2-13(10-15)11-23-6-8-24(9-7-23)16(25)12-26-18-20-17(21-22-18)14-4-5-14/h1-3,10,14H,4-9,11-12H2,(H,20,21,22). The number of hydrogen-bond acceptors (Lipinski definition) is 5. The van der Waals surface area contributed by atoms with Gasteiger partial charge in [0.15, 0.2) is 0 Å². The predicted octanol–water partition coefficient (Wildman–Crippen LogP) is 2.77. The summed E-state index contributed by atoms with van der Waals surface area (Å²) in [6.45, 7) is 4.17. The molecule has 1 amide bonds. The van der Waals surface area contributed by atoms with Crippen LogP contribution in [0.4, 0.5) is 0 Å². The monoisotopic (exact) mass is 391 g/mol. The molecule has 2 aromatic rings. The highest BCUT2D eigenvalue weighted by Gasteiger charge is 2.27. The maximum Gasteiger partial charge on any atom is 0.233 e. The van der Waals surface area contributed by atoms with Gasteiger partial charge >= 0.3 is 0 Å². The smallest absolute Gasteiger partial charge is 0.233 e. The van der Waals surface area contributed by atoms with Crippen molar-refractivity contribution in [1.29, 1.82) is 0 Å². The summed E-state index contributed by atoms with van der Waals surface area (Å²) in [6, 6.07) is 7.96. The minimum absolute atomic E-state index is 0.162. The van der Waals surface area contributed by atoms with Gasteiger partial charge in [-0.25, -0.2) is 4.98 Å². The first-order valence-corrected chi connectivity index (χ1v) is 10.3. The van der Waals surface area contributed by atoms with Crippen LogP contribution in [0.25, 0.3) is 0 Å². The van der Waals surface area contributed by atoms with Crippen LogP contribution in [0.2, 0.25) is 5.02 Å². The fourth-order valence-corrected chi connectivity index (χ4v) is 4.05. The van der Waals surface area contributed by atoms with Crippen molar-refractivity contribution < 1.29 is 4.79 Å². The summed E-state index contributed by atoms with van der Waals surface area (Å²) < 4.78 is 0. The summed E-state index contributed by atoms with van der Waals surface area (Å²) in [4.78, 5) is 21.2. The van der Waals surface area contributed by atoms with Crippen LogP contribution in [-0.4, -0.2) is 62.8 Å². The number of carbonyl (C=O) groups excluding carboxylic acids is 1. The highest BCUT2D eigenvalue weighted by molar-refractivity contribution is 7.99. The Balaban J connectivity index is 1.21. The van der Waals surface area contributed by atoms with Crippen molar-refractivity contribution in [3.63, 3.8) is 0 Å². The average Bonchev–Trinajstić information content (AvgIpc) is 3.39. The fraction of sp³-hybridized carbons (Fsp3) is 0.500. The largest absolute Gasteiger partial charge is 0.339 e. The fourth-order valence-electron chi connectivity index (χ4n) is 3.13. The van der Waals surface area contributed by atoms with E-state index in [1.54, 1.807) is 0 Å². The summed E-state index contributed by atoms with van der Waals surface area (Å²) in [5.74, 6) is 2.08. The van der Waals surface area contributed by atoms with Crippen LogP contribution in [0.5, 0.6) is 0 Å². The van der Waals surface area contributed by atoms with Gasteiger partial charge in [-0.15, -0.1) is 5.10 Å². The Bertz CT molecular complexity index is 770. The van der Waals surface area contributed by atoms with Crippen molar-refractivity contribution in [2.24, 2.45) is 0 Å². The SMILES string of the molecule is O=C(CSc1n[nH]c(C2CC2)n1)N1CCN(Cc2cccc(Cl)c2)CC1. The number of carbonyl (C=O) groups is 1. The Morgan fingerprint density at radius 3 is 2.81 bits per heavy atom. The predicted molar refractivity (Wildman–Crippen MR) is 102 cm³/mol. The zero-order valence-corrected chi connectivity index (χ0v) is 16.1. The molecule has 2 fully saturated rings. The number of benzene rings is 1. The molecule has 26 heavy (non-hydrogen) atoms. The van der Waals surface area contributed by atoms with E-state index in [0.717, 1.165) is 43.6 Å². The second-order valence-electron chi connectivity index (χ2n) is 6.85. The lowest BCUT2D eigenvalue weighted by atomic mass is 10.2. The normalized spacial score (nSPS) is 18.3. The number of hydrogen-bond donors (Lipinski definition) is 1. The molecule has 138 valence electrons. The highest BCUT2D eigenvalue weighted by Crippen LogP contribution is 2.38. The van der Waals surface area contributed by atoms with E-state index in [-0.39, 0.29) is 5.91 Å². The van der Waals surface area contributed by atoms with Crippen LogP contribution in [0.1, 0.15) is 30.1 Å². The van der Waals surface area contributed by atoms with Gasteiger partial charge in [-0.05, 0) is 30.5 Å². The number of aromatic nitrogens is 3. The summed E-state index contributed by atoms with van der Waals surface area (Å²) in [7, 11) is 0. The van der Waals surface area contributed by atoms with E-state index in [4.69, 9.17) is 11.6 Å². The first-order chi connectivity index (χ1) is 12.7. The molecule has 1 aliphatic carbocycles. The number of H-pyrrole nitrogens is 1. The number of amides is 1. The minimum Gasteiger partial charge on any atom is -0.339 e. The third-order valence-corrected chi connectivity index (χ3v) is 5.86. The van der Waals surface area contributed by atoms with Gasteiger partial charge in [-0.2, -0.15) is 0 Å². The topological polar surface area (TPSA) is 65.1 Å². The van der Waals surface area contributed by atoms with Gasteiger partial charge in [0.05, 0.1) is 5.75 Å². The molecule has 2 heterocycles. The number of rotatable bonds is 6. The van der Waals surface area contributed by atoms with Crippen LogP contribution in [0.3, 0.4) is 0 Å². The lowest BCUT2D eigenvalue weighted by Crippen LogP contribution is -2.48. The second kappa shape index (κ2) is 7.98. The van der Waals surface area contributed by atoms with Gasteiger partial charge < -0.3 is 4.90 Å². The van der Waals surface area contributed by atoms with Gasteiger partial charge in [0.1, 0.15) is 5.82 Å². The lowest BCUT2D eigenvalue weighted by molar-refractivity contribution is -0.130. The molecule has 1 saturated carbocycles. The van der Waals surface area contributed by atoms with Crippen molar-refractivity contribution >= 4 is 29.3 Å². The first-order valence-electron chi connectivity index (χ1n) is 8.97. The molecule has 0 bridgehead atoms. The quantitative estimate of drug-likeness (QED) is 0.767. The molecule has 1 saturated heterocycles. The second-order valence-corrected chi connectivity index (χ2v) is 8.23. The van der Waals surface area contributed by atoms with Gasteiger partial charge in [-0.3, -0.25) is 14.8 Å². The van der Waals surface area contributed by atoms with E-state index in [1.165, 1.54) is 30.2 Å². The van der Waals surface area contributed by atoms with Crippen molar-refractivity contribution in [3.05, 3.63) is 40.7 Å². The minimum atomic E-state index is 0.162. The molecule has 0 atom stereocenters. The van der Waals surface area contributed by atoms with Crippen LogP contribution in [-0.2, 0) is 11.3 Å². The third-order valence-electron chi connectivity index (χ3n) is 4.79. The van der Waals surface area contributed by atoms with E-state index in [9.17, 15) is 4.79 Å². The summed E-state index contributed by atoms with van der Waals surface area (Å²) in [6.07, 6.45) is 2.38. The summed E-state index contributed by atoms with van der Waals surface area (Å²) >= 11 is 7.47. The van der Waals surface area contributed by atoms with Crippen LogP contribution in [0, 0.1) is 0 Å². The zero-order chi connectivity index (χ0) is 17.9. The molecule has 0 spiro atoms. The Kier molecular flexibility index (Phi) is 5.47. The van der Waals surface area contributed by atoms with E-state index in [0.29, 0.717) is 16.8 Å². The van der Waals surface area contributed by atoms with Crippen LogP contribution < -0.4 is 0 Å². The Hall–Kier alpha value is -1.57. The van der Waals surface area contributed by atoms with E-state index >= 15 is 0 Å². The molecular formula is C18H22ClN5OS. The summed E-state index contributed by atoms with van der Waals surface area (Å²) in [5.41, 5.74) is 1.21. The van der Waals surface area contributed by atoms with Crippen LogP contribution in [0.15, 0.2) is 29.4 Å². The molecule has 1 aromatic carbocycles. The van der Waals surface area contributed by atoms with Crippen LogP contribution >= 0.6 is 23.4 Å². The Morgan fingerprint density at radius 2 is 2.08 bits per heavy atom. The highest BCUT2D eigenvalue weighted by atomic mass is 35.5. The molecule has 0 radical (unpaired) electrons. The number of thioether (sulfide) groups is 1. The molecule has 2 aliphatic rings. The summed E-state index contributed by atoms with van der Waals surface area (Å²) in [5, 5.41) is 8.63. The molecule has 6 nitrogen and oxygen atoms in total. The van der Waals surface area contributed by atoms with Gasteiger partial charge in [0.2, 0.25) is 11.1 Å². The molecule has 1 aromatic heterocycles. The maximum atomic E-state index is 12.4. The van der Waals surface area contributed by atoms with Gasteiger partial charge in [0, 0.05) is 43.7 Å². The lowest BCUT2D eigenvalue weighted by Gasteiger charge is -2.34. The number of aromatic amines is 1. The third kappa shape index (κ3) is 4.58. The Morgan fingerprint density at radius 1 is 1.27 bits per heavy atom. The zero-order valence-electron chi connectivity index (χ0n) is 14.5.